The Balaban J connectivity index is 2.58. The van der Waals surface area contributed by atoms with Gasteiger partial charge in [0.1, 0.15) is 11.5 Å². The Bertz CT molecular complexity index is 355. The Morgan fingerprint density at radius 2 is 1.80 bits per heavy atom. The van der Waals surface area contributed by atoms with Crippen molar-refractivity contribution in [3.05, 3.63) is 24.3 Å². The summed E-state index contributed by atoms with van der Waals surface area (Å²) >= 11 is 0. The number of aromatic hydroxyl groups is 1. The average Bonchev–Trinajstić information content (AvgIpc) is 2.22. The van der Waals surface area contributed by atoms with Gasteiger partial charge in [0.15, 0.2) is 0 Å². The number of carbonyl (C=O) groups excluding carboxylic acids is 2. The molecule has 0 radical (unpaired) electrons. The summed E-state index contributed by atoms with van der Waals surface area (Å²) in [5, 5.41) is 8.95. The molecule has 0 atom stereocenters. The second-order valence-electron chi connectivity index (χ2n) is 2.60. The summed E-state index contributed by atoms with van der Waals surface area (Å²) in [7, 11) is 0. The van der Waals surface area contributed by atoms with Crippen LogP contribution in [0.3, 0.4) is 0 Å². The minimum Gasteiger partial charge on any atom is -0.508 e. The van der Waals surface area contributed by atoms with Crippen molar-refractivity contribution in [3.8, 4) is 11.5 Å². The van der Waals surface area contributed by atoms with Crippen LogP contribution in [0, 0.1) is 0 Å². The van der Waals surface area contributed by atoms with Gasteiger partial charge < -0.3 is 14.6 Å². The number of hydrogen-bond acceptors (Lipinski definition) is 5. The molecule has 0 aromatic heterocycles. The molecular formula is C10H10O5. The molecule has 0 unspecified atom stereocenters. The first-order chi connectivity index (χ1) is 7.13. The predicted molar refractivity (Wildman–Crippen MR) is 50.4 cm³/mol. The third-order valence-corrected chi connectivity index (χ3v) is 1.49. The lowest BCUT2D eigenvalue weighted by Gasteiger charge is -2.03. The van der Waals surface area contributed by atoms with Gasteiger partial charge in [0.05, 0.1) is 6.61 Å². The zero-order chi connectivity index (χ0) is 11.3. The number of benzene rings is 1. The Kier molecular flexibility index (Phi) is 3.68. The van der Waals surface area contributed by atoms with Crippen molar-refractivity contribution in [1.82, 2.24) is 0 Å². The van der Waals surface area contributed by atoms with Crippen molar-refractivity contribution in [2.75, 3.05) is 6.61 Å². The van der Waals surface area contributed by atoms with E-state index in [4.69, 9.17) is 5.11 Å². The molecule has 0 aliphatic rings. The molecule has 15 heavy (non-hydrogen) atoms. The minimum absolute atomic E-state index is 0.0472. The number of rotatable bonds is 2. The monoisotopic (exact) mass is 210 g/mol. The third kappa shape index (κ3) is 3.30. The highest BCUT2D eigenvalue weighted by atomic mass is 16.6. The Morgan fingerprint density at radius 1 is 1.20 bits per heavy atom. The molecular weight excluding hydrogens is 200 g/mol. The van der Waals surface area contributed by atoms with Crippen LogP contribution in [0.25, 0.3) is 0 Å². The highest BCUT2D eigenvalue weighted by molar-refractivity contribution is 6.30. The molecule has 0 saturated heterocycles. The molecule has 0 heterocycles. The quantitative estimate of drug-likeness (QED) is 0.445. The van der Waals surface area contributed by atoms with Crippen LogP contribution in [0.1, 0.15) is 6.92 Å². The van der Waals surface area contributed by atoms with Gasteiger partial charge in [0.2, 0.25) is 0 Å². The van der Waals surface area contributed by atoms with Crippen LogP contribution in [0.15, 0.2) is 24.3 Å². The molecule has 0 fully saturated rings. The van der Waals surface area contributed by atoms with Crippen LogP contribution in [0.4, 0.5) is 0 Å². The highest BCUT2D eigenvalue weighted by Crippen LogP contribution is 2.15. The van der Waals surface area contributed by atoms with Crippen molar-refractivity contribution in [1.29, 1.82) is 0 Å². The summed E-state index contributed by atoms with van der Waals surface area (Å²) in [6.45, 7) is 1.70. The van der Waals surface area contributed by atoms with E-state index in [0.717, 1.165) is 0 Å². The van der Waals surface area contributed by atoms with Gasteiger partial charge >= 0.3 is 11.9 Å². The molecule has 0 amide bonds. The summed E-state index contributed by atoms with van der Waals surface area (Å²) in [6, 6.07) is 5.42. The fraction of sp³-hybridized carbons (Fsp3) is 0.200. The molecule has 1 aromatic rings. The number of carbonyl (C=O) groups is 2. The zero-order valence-electron chi connectivity index (χ0n) is 8.10. The smallest absolute Gasteiger partial charge is 0.422 e. The Hall–Kier alpha value is -2.04. The van der Waals surface area contributed by atoms with E-state index in [1.54, 1.807) is 6.92 Å². The maximum absolute atomic E-state index is 11.0. The molecule has 0 bridgehead atoms. The summed E-state index contributed by atoms with van der Waals surface area (Å²) in [5.41, 5.74) is 0. The number of phenols is 1. The molecule has 0 saturated carbocycles. The van der Waals surface area contributed by atoms with Crippen LogP contribution >= 0.6 is 0 Å². The highest BCUT2D eigenvalue weighted by Gasteiger charge is 2.17. The molecule has 1 aromatic carbocycles. The van der Waals surface area contributed by atoms with E-state index in [1.165, 1.54) is 24.3 Å². The first-order valence-corrected chi connectivity index (χ1v) is 4.31. The zero-order valence-corrected chi connectivity index (χ0v) is 8.10. The van der Waals surface area contributed by atoms with Gasteiger partial charge in [0.25, 0.3) is 0 Å². The largest absolute Gasteiger partial charge is 0.508 e. The Labute approximate surface area is 86.2 Å². The van der Waals surface area contributed by atoms with Gasteiger partial charge in [-0.25, -0.2) is 9.59 Å². The van der Waals surface area contributed by atoms with E-state index in [9.17, 15) is 9.59 Å². The number of hydrogen-bond donors (Lipinski definition) is 1. The van der Waals surface area contributed by atoms with Crippen LogP contribution in [0.2, 0.25) is 0 Å². The molecule has 0 aliphatic heterocycles. The van der Waals surface area contributed by atoms with Crippen molar-refractivity contribution >= 4 is 11.9 Å². The maximum atomic E-state index is 11.0. The van der Waals surface area contributed by atoms with Crippen molar-refractivity contribution in [3.63, 3.8) is 0 Å². The van der Waals surface area contributed by atoms with Crippen molar-refractivity contribution < 1.29 is 24.2 Å². The third-order valence-electron chi connectivity index (χ3n) is 1.49. The van der Waals surface area contributed by atoms with Gasteiger partial charge in [-0.2, -0.15) is 0 Å². The number of esters is 2. The molecule has 0 aliphatic carbocycles. The van der Waals surface area contributed by atoms with Gasteiger partial charge in [-0.1, -0.05) is 0 Å². The van der Waals surface area contributed by atoms with Gasteiger partial charge in [-0.05, 0) is 31.2 Å². The second kappa shape index (κ2) is 4.99. The number of phenolic OH excluding ortho intramolecular Hbond substituents is 1. The van der Waals surface area contributed by atoms with E-state index in [2.05, 4.69) is 9.47 Å². The first kappa shape index (κ1) is 11.0. The number of ether oxygens (including phenoxy) is 2. The summed E-state index contributed by atoms with van der Waals surface area (Å²) in [6.07, 6.45) is 0. The summed E-state index contributed by atoms with van der Waals surface area (Å²) in [5.74, 6) is -1.90. The van der Waals surface area contributed by atoms with E-state index < -0.39 is 11.9 Å². The molecule has 5 nitrogen and oxygen atoms in total. The lowest BCUT2D eigenvalue weighted by atomic mass is 10.3. The van der Waals surface area contributed by atoms with Gasteiger partial charge in [0, 0.05) is 0 Å². The van der Waals surface area contributed by atoms with Crippen LogP contribution < -0.4 is 4.74 Å². The molecule has 1 N–H and O–H groups in total. The maximum Gasteiger partial charge on any atom is 0.422 e. The van der Waals surface area contributed by atoms with Crippen LogP contribution in [-0.4, -0.2) is 23.7 Å². The Morgan fingerprint density at radius 3 is 2.33 bits per heavy atom. The van der Waals surface area contributed by atoms with E-state index >= 15 is 0 Å². The standard InChI is InChI=1S/C10H10O5/c1-2-14-9(12)10(13)15-8-5-3-7(11)4-6-8/h3-6,11H,2H2,1H3. The van der Waals surface area contributed by atoms with E-state index in [-0.39, 0.29) is 18.1 Å². The lowest BCUT2D eigenvalue weighted by Crippen LogP contribution is -2.22. The first-order valence-electron chi connectivity index (χ1n) is 4.31. The van der Waals surface area contributed by atoms with E-state index in [1.807, 2.05) is 0 Å². The second-order valence-corrected chi connectivity index (χ2v) is 2.60. The SMILES string of the molecule is CCOC(=O)C(=O)Oc1ccc(O)cc1. The normalized spacial score (nSPS) is 9.40. The molecule has 80 valence electrons. The summed E-state index contributed by atoms with van der Waals surface area (Å²) in [4.78, 5) is 21.9. The predicted octanol–water partition coefficient (Wildman–Crippen LogP) is 0.861. The topological polar surface area (TPSA) is 72.8 Å². The summed E-state index contributed by atoms with van der Waals surface area (Å²) < 4.78 is 9.10. The fourth-order valence-corrected chi connectivity index (χ4v) is 0.853. The van der Waals surface area contributed by atoms with Gasteiger partial charge in [-0.3, -0.25) is 0 Å². The lowest BCUT2D eigenvalue weighted by molar-refractivity contribution is -0.161. The van der Waals surface area contributed by atoms with E-state index in [0.29, 0.717) is 0 Å². The molecule has 5 heteroatoms. The van der Waals surface area contributed by atoms with Crippen LogP contribution in [0.5, 0.6) is 11.5 Å². The molecule has 1 rings (SSSR count). The van der Waals surface area contributed by atoms with Crippen molar-refractivity contribution in [2.45, 2.75) is 6.92 Å². The average molecular weight is 210 g/mol. The molecule has 0 spiro atoms. The van der Waals surface area contributed by atoms with Gasteiger partial charge in [-0.15, -0.1) is 0 Å². The van der Waals surface area contributed by atoms with Crippen LogP contribution in [-0.2, 0) is 14.3 Å². The fourth-order valence-electron chi connectivity index (χ4n) is 0.853. The van der Waals surface area contributed by atoms with Crippen molar-refractivity contribution in [2.24, 2.45) is 0 Å². The minimum atomic E-state index is -1.08.